The summed E-state index contributed by atoms with van der Waals surface area (Å²) in [7, 11) is 1.40. The standard InChI is InChI=1S/C5H14Si.H2O/c1-2-3-4-5-6;/h2-5H2,1,6H3;1H2. The quantitative estimate of drug-likeness (QED) is 0.375. The first-order chi connectivity index (χ1) is 2.91. The maximum atomic E-state index is 2.25. The summed E-state index contributed by atoms with van der Waals surface area (Å²) in [5, 5.41) is 0. The van der Waals surface area contributed by atoms with Crippen LogP contribution in [-0.4, -0.2) is 15.7 Å². The van der Waals surface area contributed by atoms with Gasteiger partial charge in [0.25, 0.3) is 0 Å². The van der Waals surface area contributed by atoms with Gasteiger partial charge >= 0.3 is 0 Å². The van der Waals surface area contributed by atoms with E-state index in [-0.39, 0.29) is 5.48 Å². The lowest BCUT2D eigenvalue weighted by Crippen LogP contribution is -1.69. The highest BCUT2D eigenvalue weighted by molar-refractivity contribution is 6.08. The van der Waals surface area contributed by atoms with E-state index >= 15 is 0 Å². The van der Waals surface area contributed by atoms with Crippen molar-refractivity contribution in [3.05, 3.63) is 0 Å². The largest absolute Gasteiger partial charge is 0.412 e. The van der Waals surface area contributed by atoms with Gasteiger partial charge in [-0.25, -0.2) is 0 Å². The first-order valence-electron chi connectivity index (χ1n) is 2.91. The zero-order chi connectivity index (χ0) is 4.83. The summed E-state index contributed by atoms with van der Waals surface area (Å²) in [6.45, 7) is 2.25. The molecule has 46 valence electrons. The number of hydrogen-bond acceptors (Lipinski definition) is 0. The molecule has 0 atom stereocenters. The van der Waals surface area contributed by atoms with E-state index in [1.807, 2.05) is 0 Å². The van der Waals surface area contributed by atoms with Crippen molar-refractivity contribution in [1.29, 1.82) is 0 Å². The molecule has 0 saturated heterocycles. The molecule has 7 heavy (non-hydrogen) atoms. The van der Waals surface area contributed by atoms with Crippen molar-refractivity contribution in [2.75, 3.05) is 0 Å². The Labute approximate surface area is 48.9 Å². The van der Waals surface area contributed by atoms with Crippen molar-refractivity contribution < 1.29 is 5.48 Å². The Bertz CT molecular complexity index is 20.0. The smallest absolute Gasteiger partial charge is 0.00279 e. The van der Waals surface area contributed by atoms with Crippen LogP contribution in [0.2, 0.25) is 6.04 Å². The van der Waals surface area contributed by atoms with Crippen LogP contribution >= 0.6 is 0 Å². The van der Waals surface area contributed by atoms with Crippen LogP contribution in [-0.2, 0) is 0 Å². The van der Waals surface area contributed by atoms with Gasteiger partial charge in [0.2, 0.25) is 0 Å². The lowest BCUT2D eigenvalue weighted by Gasteiger charge is -1.86. The third kappa shape index (κ3) is 10.7. The SMILES string of the molecule is CCCCC[SiH3].O. The van der Waals surface area contributed by atoms with Gasteiger partial charge in [0, 0.05) is 10.2 Å². The van der Waals surface area contributed by atoms with E-state index in [1.165, 1.54) is 35.5 Å². The van der Waals surface area contributed by atoms with Gasteiger partial charge in [-0.15, -0.1) is 0 Å². The topological polar surface area (TPSA) is 31.5 Å². The second-order valence-electron chi connectivity index (χ2n) is 1.71. The fraction of sp³-hybridized carbons (Fsp3) is 1.00. The van der Waals surface area contributed by atoms with Crippen LogP contribution < -0.4 is 0 Å². The summed E-state index contributed by atoms with van der Waals surface area (Å²) in [4.78, 5) is 0. The van der Waals surface area contributed by atoms with Crippen LogP contribution in [0.5, 0.6) is 0 Å². The Morgan fingerprint density at radius 1 is 1.29 bits per heavy atom. The predicted octanol–water partition coefficient (Wildman–Crippen LogP) is 0.136. The molecule has 0 aromatic rings. The fourth-order valence-electron chi connectivity index (χ4n) is 0.500. The van der Waals surface area contributed by atoms with Gasteiger partial charge in [0.15, 0.2) is 0 Å². The van der Waals surface area contributed by atoms with Crippen molar-refractivity contribution >= 4 is 10.2 Å². The van der Waals surface area contributed by atoms with E-state index in [9.17, 15) is 0 Å². The van der Waals surface area contributed by atoms with E-state index in [1.54, 1.807) is 0 Å². The van der Waals surface area contributed by atoms with Crippen LogP contribution in [0, 0.1) is 0 Å². The van der Waals surface area contributed by atoms with Gasteiger partial charge < -0.3 is 5.48 Å². The molecule has 0 saturated carbocycles. The maximum Gasteiger partial charge on any atom is 0.00279 e. The Kier molecular flexibility index (Phi) is 13.8. The average molecular weight is 120 g/mol. The molecule has 0 aromatic heterocycles. The second-order valence-corrected chi connectivity index (χ2v) is 2.71. The Morgan fingerprint density at radius 3 is 2.00 bits per heavy atom. The van der Waals surface area contributed by atoms with Crippen molar-refractivity contribution in [3.8, 4) is 0 Å². The van der Waals surface area contributed by atoms with Gasteiger partial charge in [-0.2, -0.15) is 0 Å². The highest BCUT2D eigenvalue weighted by Gasteiger charge is 1.75. The molecule has 0 heterocycles. The second kappa shape index (κ2) is 9.49. The van der Waals surface area contributed by atoms with Gasteiger partial charge in [-0.3, -0.25) is 0 Å². The summed E-state index contributed by atoms with van der Waals surface area (Å²) in [5.74, 6) is 0. The normalized spacial score (nSPS) is 8.14. The zero-order valence-electron chi connectivity index (χ0n) is 5.33. The Morgan fingerprint density at radius 2 is 1.86 bits per heavy atom. The third-order valence-corrected chi connectivity index (χ3v) is 1.66. The fourth-order valence-corrected chi connectivity index (χ4v) is 1.000. The Hall–Kier alpha value is 0.177. The van der Waals surface area contributed by atoms with Crippen molar-refractivity contribution in [2.45, 2.75) is 32.2 Å². The first kappa shape index (κ1) is 10.2. The highest BCUT2D eigenvalue weighted by Crippen LogP contribution is 1.94. The molecule has 0 bridgehead atoms. The van der Waals surface area contributed by atoms with Crippen molar-refractivity contribution in [1.82, 2.24) is 0 Å². The number of unbranched alkanes of at least 4 members (excludes halogenated alkanes) is 2. The summed E-state index contributed by atoms with van der Waals surface area (Å²) in [6, 6.07) is 1.49. The van der Waals surface area contributed by atoms with E-state index in [0.29, 0.717) is 0 Å². The van der Waals surface area contributed by atoms with Crippen molar-refractivity contribution in [3.63, 3.8) is 0 Å². The minimum Gasteiger partial charge on any atom is -0.412 e. The van der Waals surface area contributed by atoms with E-state index in [0.717, 1.165) is 0 Å². The molecule has 0 aliphatic heterocycles. The van der Waals surface area contributed by atoms with Crippen molar-refractivity contribution in [2.24, 2.45) is 0 Å². The maximum absolute atomic E-state index is 2.25. The third-order valence-electron chi connectivity index (χ3n) is 0.957. The molecule has 0 spiro atoms. The molecule has 0 aliphatic rings. The van der Waals surface area contributed by atoms with Crippen LogP contribution in [0.15, 0.2) is 0 Å². The van der Waals surface area contributed by atoms with Gasteiger partial charge in [0.05, 0.1) is 0 Å². The number of hydrogen-bond donors (Lipinski definition) is 0. The summed E-state index contributed by atoms with van der Waals surface area (Å²) < 4.78 is 0. The molecule has 2 heteroatoms. The molecule has 1 nitrogen and oxygen atoms in total. The molecule has 0 fully saturated rings. The van der Waals surface area contributed by atoms with Crippen LogP contribution in [0.1, 0.15) is 26.2 Å². The molecule has 0 radical (unpaired) electrons. The molecule has 2 N–H and O–H groups in total. The molecular weight excluding hydrogens is 104 g/mol. The van der Waals surface area contributed by atoms with Crippen LogP contribution in [0.3, 0.4) is 0 Å². The molecular formula is C5H16OSi. The lowest BCUT2D eigenvalue weighted by atomic mass is 10.3. The summed E-state index contributed by atoms with van der Waals surface area (Å²) >= 11 is 0. The monoisotopic (exact) mass is 120 g/mol. The molecule has 0 amide bonds. The van der Waals surface area contributed by atoms with Gasteiger partial charge in [-0.05, 0) is 0 Å². The number of rotatable bonds is 3. The first-order valence-corrected chi connectivity index (χ1v) is 4.33. The minimum atomic E-state index is 0. The average Bonchev–Trinajstić information content (AvgIpc) is 1.61. The highest BCUT2D eigenvalue weighted by atomic mass is 28.1. The molecule has 0 rings (SSSR count). The van der Waals surface area contributed by atoms with Gasteiger partial charge in [0.1, 0.15) is 0 Å². The Balaban J connectivity index is 0. The van der Waals surface area contributed by atoms with E-state index in [4.69, 9.17) is 0 Å². The summed E-state index contributed by atoms with van der Waals surface area (Å²) in [5.41, 5.74) is 0. The lowest BCUT2D eigenvalue weighted by molar-refractivity contribution is 0.771. The van der Waals surface area contributed by atoms with Crippen LogP contribution in [0.25, 0.3) is 0 Å². The molecule has 0 aliphatic carbocycles. The molecule has 0 unspecified atom stereocenters. The summed E-state index contributed by atoms with van der Waals surface area (Å²) in [6.07, 6.45) is 4.30. The minimum absolute atomic E-state index is 0. The van der Waals surface area contributed by atoms with Crippen LogP contribution in [0.4, 0.5) is 0 Å². The predicted molar refractivity (Wildman–Crippen MR) is 37.9 cm³/mol. The van der Waals surface area contributed by atoms with Gasteiger partial charge in [-0.1, -0.05) is 32.2 Å². The van der Waals surface area contributed by atoms with E-state index < -0.39 is 0 Å². The molecule has 0 aromatic carbocycles. The van der Waals surface area contributed by atoms with E-state index in [2.05, 4.69) is 6.92 Å². The zero-order valence-corrected chi connectivity index (χ0v) is 7.33.